The molecule has 0 aliphatic carbocycles. The first-order valence-electron chi connectivity index (χ1n) is 9.05. The number of carbonyl (C=O) groups is 2. The number of aromatic amines is 1. The number of nitrogens with one attached hydrogen (secondary N) is 1. The highest BCUT2D eigenvalue weighted by atomic mass is 16.5. The Hall–Kier alpha value is -4.10. The van der Waals surface area contributed by atoms with Gasteiger partial charge in [-0.25, -0.2) is 4.79 Å². The van der Waals surface area contributed by atoms with Crippen molar-refractivity contribution in [2.75, 3.05) is 7.11 Å². The third kappa shape index (κ3) is 3.67. The normalized spacial score (nSPS) is 10.2. The smallest absolute Gasteiger partial charge is 0.338 e. The van der Waals surface area contributed by atoms with E-state index in [4.69, 9.17) is 4.74 Å². The quantitative estimate of drug-likeness (QED) is 0.315. The average molecular weight is 379 g/mol. The van der Waals surface area contributed by atoms with Crippen molar-refractivity contribution < 1.29 is 14.3 Å². The van der Waals surface area contributed by atoms with Gasteiger partial charge in [-0.3, -0.25) is 4.79 Å². The lowest BCUT2D eigenvalue weighted by Crippen LogP contribution is -2.05. The van der Waals surface area contributed by atoms with Crippen molar-refractivity contribution in [3.8, 4) is 23.0 Å². The molecule has 1 heterocycles. The minimum absolute atomic E-state index is 0.412. The highest BCUT2D eigenvalue weighted by Crippen LogP contribution is 2.30. The number of rotatable bonds is 3. The Bertz CT molecular complexity index is 1270. The van der Waals surface area contributed by atoms with Gasteiger partial charge in [0.2, 0.25) is 0 Å². The van der Waals surface area contributed by atoms with Crippen LogP contribution in [0.5, 0.6) is 0 Å². The molecule has 0 fully saturated rings. The summed E-state index contributed by atoms with van der Waals surface area (Å²) in [5.41, 5.74) is 5.15. The third-order valence-corrected chi connectivity index (χ3v) is 4.70. The molecule has 1 N–H and O–H groups in total. The molecule has 0 radical (unpaired) electrons. The van der Waals surface area contributed by atoms with E-state index in [1.54, 1.807) is 36.4 Å². The van der Waals surface area contributed by atoms with E-state index in [1.165, 1.54) is 7.11 Å². The van der Waals surface area contributed by atoms with E-state index >= 15 is 0 Å². The lowest BCUT2D eigenvalue weighted by molar-refractivity contribution is 0.0601. The molecule has 4 rings (SSSR count). The summed E-state index contributed by atoms with van der Waals surface area (Å²) < 4.78 is 4.99. The van der Waals surface area contributed by atoms with Gasteiger partial charge in [-0.1, -0.05) is 42.2 Å². The molecule has 4 aromatic rings. The fourth-order valence-corrected chi connectivity index (χ4v) is 3.24. The van der Waals surface area contributed by atoms with Crippen LogP contribution >= 0.6 is 0 Å². The number of aromatic nitrogens is 1. The first-order valence-corrected chi connectivity index (χ1v) is 9.05. The van der Waals surface area contributed by atoms with Crippen LogP contribution in [0.4, 0.5) is 0 Å². The summed E-state index contributed by atoms with van der Waals surface area (Å²) in [6.07, 6.45) is 2.68. The number of H-pyrrole nitrogens is 1. The van der Waals surface area contributed by atoms with Crippen LogP contribution in [0.1, 0.15) is 31.8 Å². The number of fused-ring (bicyclic) bond motifs is 1. The molecule has 0 bridgehead atoms. The zero-order chi connectivity index (χ0) is 20.2. The number of hydrogen-bond donors (Lipinski definition) is 1. The van der Waals surface area contributed by atoms with E-state index in [0.29, 0.717) is 11.1 Å². The third-order valence-electron chi connectivity index (χ3n) is 4.70. The largest absolute Gasteiger partial charge is 0.465 e. The standard InChI is InChI=1S/C25H17NO3/c1-29-25(28)22-4-2-3-20(10-9-17-5-7-18(16-27)8-6-17)24(22)21-12-11-19-13-14-26-23(19)15-21/h2-8,11-16,26H,1H3. The maximum atomic E-state index is 12.4. The summed E-state index contributed by atoms with van der Waals surface area (Å²) in [5, 5.41) is 1.09. The molecular formula is C25H17NO3. The predicted octanol–water partition coefficient (Wildman–Crippen LogP) is 4.83. The fraction of sp³-hybridized carbons (Fsp3) is 0.0400. The Morgan fingerprint density at radius 3 is 2.59 bits per heavy atom. The first kappa shape index (κ1) is 18.3. The van der Waals surface area contributed by atoms with Gasteiger partial charge in [-0.15, -0.1) is 0 Å². The van der Waals surface area contributed by atoms with Crippen molar-refractivity contribution >= 4 is 23.2 Å². The Balaban J connectivity index is 1.86. The molecular weight excluding hydrogens is 362 g/mol. The van der Waals surface area contributed by atoms with Crippen molar-refractivity contribution in [1.82, 2.24) is 4.98 Å². The van der Waals surface area contributed by atoms with E-state index < -0.39 is 5.97 Å². The van der Waals surface area contributed by atoms with E-state index in [1.807, 2.05) is 36.5 Å². The van der Waals surface area contributed by atoms with Crippen LogP contribution in [-0.4, -0.2) is 24.3 Å². The molecule has 4 heteroatoms. The van der Waals surface area contributed by atoms with Gasteiger partial charge in [-0.2, -0.15) is 0 Å². The average Bonchev–Trinajstić information content (AvgIpc) is 3.25. The van der Waals surface area contributed by atoms with E-state index in [0.717, 1.165) is 39.4 Å². The van der Waals surface area contributed by atoms with Gasteiger partial charge in [-0.05, 0) is 47.3 Å². The van der Waals surface area contributed by atoms with Gasteiger partial charge in [0.25, 0.3) is 0 Å². The molecule has 0 spiro atoms. The van der Waals surface area contributed by atoms with Gasteiger partial charge in [0.05, 0.1) is 12.7 Å². The summed E-state index contributed by atoms with van der Waals surface area (Å²) in [4.78, 5) is 26.4. The van der Waals surface area contributed by atoms with Gasteiger partial charge in [0, 0.05) is 34.0 Å². The highest BCUT2D eigenvalue weighted by molar-refractivity contribution is 6.00. The van der Waals surface area contributed by atoms with E-state index in [-0.39, 0.29) is 0 Å². The number of aldehydes is 1. The Morgan fingerprint density at radius 1 is 1.00 bits per heavy atom. The molecule has 1 aromatic heterocycles. The Kier molecular flexibility index (Phi) is 4.96. The van der Waals surface area contributed by atoms with Gasteiger partial charge in [0.1, 0.15) is 6.29 Å². The summed E-state index contributed by atoms with van der Waals surface area (Å²) in [7, 11) is 1.37. The Labute approximate surface area is 168 Å². The fourth-order valence-electron chi connectivity index (χ4n) is 3.24. The van der Waals surface area contributed by atoms with Crippen molar-refractivity contribution in [2.24, 2.45) is 0 Å². The van der Waals surface area contributed by atoms with E-state index in [9.17, 15) is 9.59 Å². The molecule has 0 saturated heterocycles. The lowest BCUT2D eigenvalue weighted by atomic mass is 9.93. The maximum absolute atomic E-state index is 12.4. The van der Waals surface area contributed by atoms with Crippen LogP contribution in [0, 0.1) is 11.8 Å². The van der Waals surface area contributed by atoms with Crippen LogP contribution in [0.25, 0.3) is 22.0 Å². The summed E-state index contributed by atoms with van der Waals surface area (Å²) in [6, 6.07) is 20.4. The van der Waals surface area contributed by atoms with Crippen molar-refractivity contribution in [1.29, 1.82) is 0 Å². The first-order chi connectivity index (χ1) is 14.2. The summed E-state index contributed by atoms with van der Waals surface area (Å²) in [5.74, 6) is 5.87. The van der Waals surface area contributed by atoms with Gasteiger partial charge >= 0.3 is 5.97 Å². The summed E-state index contributed by atoms with van der Waals surface area (Å²) in [6.45, 7) is 0. The zero-order valence-electron chi connectivity index (χ0n) is 15.7. The molecule has 0 amide bonds. The van der Waals surface area contributed by atoms with Crippen molar-refractivity contribution in [3.63, 3.8) is 0 Å². The second kappa shape index (κ2) is 7.87. The van der Waals surface area contributed by atoms with Crippen LogP contribution in [0.3, 0.4) is 0 Å². The van der Waals surface area contributed by atoms with Gasteiger partial charge < -0.3 is 9.72 Å². The van der Waals surface area contributed by atoms with Crippen LogP contribution in [0.2, 0.25) is 0 Å². The van der Waals surface area contributed by atoms with E-state index in [2.05, 4.69) is 16.8 Å². The second-order valence-corrected chi connectivity index (χ2v) is 6.49. The molecule has 0 saturated carbocycles. The maximum Gasteiger partial charge on any atom is 0.338 e. The molecule has 0 unspecified atom stereocenters. The number of benzene rings is 3. The highest BCUT2D eigenvalue weighted by Gasteiger charge is 2.16. The van der Waals surface area contributed by atoms with Crippen LogP contribution < -0.4 is 0 Å². The minimum Gasteiger partial charge on any atom is -0.465 e. The molecule has 4 nitrogen and oxygen atoms in total. The van der Waals surface area contributed by atoms with Crippen molar-refractivity contribution in [3.05, 3.63) is 95.2 Å². The van der Waals surface area contributed by atoms with Crippen LogP contribution in [0.15, 0.2) is 72.9 Å². The number of carbonyl (C=O) groups excluding carboxylic acids is 2. The number of methoxy groups -OCH3 is 1. The molecule has 0 atom stereocenters. The molecule has 0 aliphatic heterocycles. The molecule has 3 aromatic carbocycles. The number of ether oxygens (including phenoxy) is 1. The number of esters is 1. The molecule has 29 heavy (non-hydrogen) atoms. The Morgan fingerprint density at radius 2 is 1.83 bits per heavy atom. The SMILES string of the molecule is COC(=O)c1cccc(C#Cc2ccc(C=O)cc2)c1-c1ccc2cc[nH]c2c1. The zero-order valence-corrected chi connectivity index (χ0v) is 15.7. The lowest BCUT2D eigenvalue weighted by Gasteiger charge is -2.11. The topological polar surface area (TPSA) is 59.2 Å². The van der Waals surface area contributed by atoms with Crippen LogP contribution in [-0.2, 0) is 4.74 Å². The molecule has 140 valence electrons. The molecule has 0 aliphatic rings. The number of hydrogen-bond acceptors (Lipinski definition) is 3. The van der Waals surface area contributed by atoms with Crippen molar-refractivity contribution in [2.45, 2.75) is 0 Å². The summed E-state index contributed by atoms with van der Waals surface area (Å²) >= 11 is 0. The van der Waals surface area contributed by atoms with Gasteiger partial charge in [0.15, 0.2) is 0 Å². The predicted molar refractivity (Wildman–Crippen MR) is 113 cm³/mol. The minimum atomic E-state index is -0.412. The second-order valence-electron chi connectivity index (χ2n) is 6.49. The monoisotopic (exact) mass is 379 g/mol.